The molecule has 1 aliphatic heterocycles. The first-order valence-corrected chi connectivity index (χ1v) is 8.30. The van der Waals surface area contributed by atoms with Crippen LogP contribution in [0.25, 0.3) is 6.08 Å². The van der Waals surface area contributed by atoms with Crippen LogP contribution in [0.4, 0.5) is 18.9 Å². The van der Waals surface area contributed by atoms with Crippen LogP contribution in [0.5, 0.6) is 0 Å². The molecule has 9 heteroatoms. The third-order valence-corrected chi connectivity index (χ3v) is 4.27. The SMILES string of the molecule is O=C1NC(=S)N(c2ccc(Cl)cc2)C(=O)C1=Cc1ccc(C(F)(F)F)cc1. The smallest absolute Gasteiger partial charge is 0.298 e. The highest BCUT2D eigenvalue weighted by atomic mass is 35.5. The zero-order chi connectivity index (χ0) is 19.8. The van der Waals surface area contributed by atoms with E-state index in [1.165, 1.54) is 18.2 Å². The summed E-state index contributed by atoms with van der Waals surface area (Å²) in [6.45, 7) is 0. The first kappa shape index (κ1) is 19.1. The molecule has 1 N–H and O–H groups in total. The van der Waals surface area contributed by atoms with Crippen LogP contribution in [0.3, 0.4) is 0 Å². The molecule has 1 aliphatic rings. The van der Waals surface area contributed by atoms with E-state index in [0.717, 1.165) is 17.0 Å². The predicted molar refractivity (Wildman–Crippen MR) is 99.1 cm³/mol. The highest BCUT2D eigenvalue weighted by Crippen LogP contribution is 2.30. The number of anilines is 1. The minimum Gasteiger partial charge on any atom is -0.298 e. The highest BCUT2D eigenvalue weighted by Gasteiger charge is 2.34. The summed E-state index contributed by atoms with van der Waals surface area (Å²) < 4.78 is 37.9. The fraction of sp³-hybridized carbons (Fsp3) is 0.0556. The average Bonchev–Trinajstić information content (AvgIpc) is 2.60. The molecule has 3 rings (SSSR count). The van der Waals surface area contributed by atoms with Crippen molar-refractivity contribution in [1.29, 1.82) is 0 Å². The number of hydrogen-bond acceptors (Lipinski definition) is 3. The molecule has 0 spiro atoms. The molecule has 2 aromatic carbocycles. The molecule has 0 radical (unpaired) electrons. The second-order valence-corrected chi connectivity index (χ2v) is 6.38. The first-order chi connectivity index (χ1) is 12.7. The number of carbonyl (C=O) groups excluding carboxylic acids is 2. The van der Waals surface area contributed by atoms with Gasteiger partial charge in [-0.25, -0.2) is 0 Å². The molecule has 0 aromatic heterocycles. The lowest BCUT2D eigenvalue weighted by Gasteiger charge is -2.28. The lowest BCUT2D eigenvalue weighted by molar-refractivity contribution is -0.137. The van der Waals surface area contributed by atoms with E-state index in [1.54, 1.807) is 24.3 Å². The topological polar surface area (TPSA) is 49.4 Å². The Bertz CT molecular complexity index is 954. The molecule has 1 heterocycles. The van der Waals surface area contributed by atoms with E-state index in [4.69, 9.17) is 23.8 Å². The van der Waals surface area contributed by atoms with Gasteiger partial charge in [0.2, 0.25) is 0 Å². The summed E-state index contributed by atoms with van der Waals surface area (Å²) in [5.41, 5.74) is -0.413. The van der Waals surface area contributed by atoms with Gasteiger partial charge in [-0.3, -0.25) is 19.8 Å². The molecule has 0 unspecified atom stereocenters. The number of halogens is 4. The summed E-state index contributed by atoms with van der Waals surface area (Å²) in [6, 6.07) is 10.3. The van der Waals surface area contributed by atoms with E-state index in [-0.39, 0.29) is 16.2 Å². The van der Waals surface area contributed by atoms with Crippen molar-refractivity contribution >= 4 is 52.5 Å². The fourth-order valence-electron chi connectivity index (χ4n) is 2.42. The molecule has 138 valence electrons. The van der Waals surface area contributed by atoms with E-state index < -0.39 is 23.6 Å². The lowest BCUT2D eigenvalue weighted by Crippen LogP contribution is -2.54. The molecule has 4 nitrogen and oxygen atoms in total. The summed E-state index contributed by atoms with van der Waals surface area (Å²) in [6.07, 6.45) is -3.26. The van der Waals surface area contributed by atoms with Crippen LogP contribution in [0.15, 0.2) is 54.1 Å². The molecule has 27 heavy (non-hydrogen) atoms. The quantitative estimate of drug-likeness (QED) is 0.459. The van der Waals surface area contributed by atoms with Crippen molar-refractivity contribution in [2.24, 2.45) is 0 Å². The fourth-order valence-corrected chi connectivity index (χ4v) is 2.82. The van der Waals surface area contributed by atoms with Gasteiger partial charge in [-0.05, 0) is 60.3 Å². The normalized spacial score (nSPS) is 16.7. The third kappa shape index (κ3) is 4.01. The summed E-state index contributed by atoms with van der Waals surface area (Å²) in [7, 11) is 0. The van der Waals surface area contributed by atoms with Crippen LogP contribution in [0.1, 0.15) is 11.1 Å². The Morgan fingerprint density at radius 1 is 1.00 bits per heavy atom. The first-order valence-electron chi connectivity index (χ1n) is 7.51. The van der Waals surface area contributed by atoms with Crippen LogP contribution >= 0.6 is 23.8 Å². The number of carbonyl (C=O) groups is 2. The van der Waals surface area contributed by atoms with Crippen molar-refractivity contribution in [3.8, 4) is 0 Å². The molecule has 1 saturated heterocycles. The summed E-state index contributed by atoms with van der Waals surface area (Å²) in [4.78, 5) is 26.0. The molecular weight excluding hydrogens is 401 g/mol. The van der Waals surface area contributed by atoms with Crippen molar-refractivity contribution in [2.75, 3.05) is 4.90 Å². The molecule has 1 fully saturated rings. The van der Waals surface area contributed by atoms with E-state index in [0.29, 0.717) is 10.7 Å². The minimum atomic E-state index is -4.47. The van der Waals surface area contributed by atoms with Gasteiger partial charge < -0.3 is 0 Å². The van der Waals surface area contributed by atoms with Crippen LogP contribution in [0.2, 0.25) is 5.02 Å². The van der Waals surface area contributed by atoms with Gasteiger partial charge in [0, 0.05) is 5.02 Å². The zero-order valence-corrected chi connectivity index (χ0v) is 15.0. The number of nitrogens with one attached hydrogen (secondary N) is 1. The van der Waals surface area contributed by atoms with E-state index >= 15 is 0 Å². The van der Waals surface area contributed by atoms with Crippen molar-refractivity contribution in [3.63, 3.8) is 0 Å². The number of nitrogens with zero attached hydrogens (tertiary/aromatic N) is 1. The largest absolute Gasteiger partial charge is 0.416 e. The minimum absolute atomic E-state index is 0.100. The van der Waals surface area contributed by atoms with Gasteiger partial charge in [0.25, 0.3) is 11.8 Å². The Morgan fingerprint density at radius 3 is 2.15 bits per heavy atom. The summed E-state index contributed by atoms with van der Waals surface area (Å²) >= 11 is 10.9. The van der Waals surface area contributed by atoms with E-state index in [1.807, 2.05) is 0 Å². The van der Waals surface area contributed by atoms with Crippen LogP contribution in [0, 0.1) is 0 Å². The number of alkyl halides is 3. The average molecular weight is 411 g/mol. The van der Waals surface area contributed by atoms with Crippen LogP contribution < -0.4 is 10.2 Å². The molecular formula is C18H10ClF3N2O2S. The highest BCUT2D eigenvalue weighted by molar-refractivity contribution is 7.80. The Morgan fingerprint density at radius 2 is 1.59 bits per heavy atom. The Labute approximate surface area is 162 Å². The Balaban J connectivity index is 1.95. The zero-order valence-electron chi connectivity index (χ0n) is 13.4. The number of amides is 2. The van der Waals surface area contributed by atoms with Gasteiger partial charge in [0.15, 0.2) is 5.11 Å². The Kier molecular flexibility index (Phi) is 5.03. The molecule has 0 atom stereocenters. The molecule has 2 amide bonds. The maximum Gasteiger partial charge on any atom is 0.416 e. The monoisotopic (exact) mass is 410 g/mol. The maximum atomic E-state index is 12.8. The van der Waals surface area contributed by atoms with Crippen LogP contribution in [-0.4, -0.2) is 16.9 Å². The van der Waals surface area contributed by atoms with Gasteiger partial charge in [0.05, 0.1) is 11.3 Å². The summed E-state index contributed by atoms with van der Waals surface area (Å²) in [5.74, 6) is -1.42. The van der Waals surface area contributed by atoms with Crippen molar-refractivity contribution in [2.45, 2.75) is 6.18 Å². The Hall–Kier alpha value is -2.71. The van der Waals surface area contributed by atoms with Crippen molar-refractivity contribution in [3.05, 3.63) is 70.3 Å². The predicted octanol–water partition coefficient (Wildman–Crippen LogP) is 4.19. The summed E-state index contributed by atoms with van der Waals surface area (Å²) in [5, 5.41) is 2.75. The number of hydrogen-bond donors (Lipinski definition) is 1. The second-order valence-electron chi connectivity index (χ2n) is 5.55. The number of thiocarbonyl (C=S) groups is 1. The third-order valence-electron chi connectivity index (χ3n) is 3.74. The molecule has 0 saturated carbocycles. The van der Waals surface area contributed by atoms with Gasteiger partial charge in [-0.15, -0.1) is 0 Å². The number of rotatable bonds is 2. The van der Waals surface area contributed by atoms with Crippen molar-refractivity contribution in [1.82, 2.24) is 5.32 Å². The maximum absolute atomic E-state index is 12.8. The second kappa shape index (κ2) is 7.13. The van der Waals surface area contributed by atoms with Gasteiger partial charge >= 0.3 is 6.18 Å². The lowest BCUT2D eigenvalue weighted by atomic mass is 10.1. The standard InChI is InChI=1S/C18H10ClF3N2O2S/c19-12-5-7-13(8-6-12)24-16(26)14(15(25)23-17(24)27)9-10-1-3-11(4-2-10)18(20,21)22/h1-9H,(H,23,25,27). The molecule has 0 aliphatic carbocycles. The van der Waals surface area contributed by atoms with Gasteiger partial charge in [0.1, 0.15) is 5.57 Å². The van der Waals surface area contributed by atoms with Gasteiger partial charge in [-0.1, -0.05) is 23.7 Å². The van der Waals surface area contributed by atoms with E-state index in [2.05, 4.69) is 5.32 Å². The van der Waals surface area contributed by atoms with Crippen LogP contribution in [-0.2, 0) is 15.8 Å². The molecule has 0 bridgehead atoms. The molecule has 2 aromatic rings. The van der Waals surface area contributed by atoms with E-state index in [9.17, 15) is 22.8 Å². The van der Waals surface area contributed by atoms with Crippen molar-refractivity contribution < 1.29 is 22.8 Å². The van der Waals surface area contributed by atoms with Gasteiger partial charge in [-0.2, -0.15) is 13.2 Å². The number of benzene rings is 2.